The van der Waals surface area contributed by atoms with Crippen LogP contribution in [0.1, 0.15) is 51.9 Å². The van der Waals surface area contributed by atoms with E-state index in [9.17, 15) is 4.79 Å². The van der Waals surface area contributed by atoms with E-state index in [1.165, 1.54) is 22.5 Å². The maximum atomic E-state index is 12.1. The zero-order valence-corrected chi connectivity index (χ0v) is 16.3. The number of nitrogens with zero attached hydrogens (tertiary/aromatic N) is 3. The van der Waals surface area contributed by atoms with Gasteiger partial charge in [-0.2, -0.15) is 0 Å². The SMILES string of the molecule is CCOC(=O)c1sc2ncnc(NC(C)c3ncc(CC)s3)c2c1C. The highest BCUT2D eigenvalue weighted by Gasteiger charge is 2.21. The quantitative estimate of drug-likeness (QED) is 0.644. The molecule has 0 amide bonds. The number of thiophene rings is 1. The Hall–Kier alpha value is -2.06. The van der Waals surface area contributed by atoms with Gasteiger partial charge in [-0.15, -0.1) is 22.7 Å². The van der Waals surface area contributed by atoms with Crippen LogP contribution in [0.3, 0.4) is 0 Å². The van der Waals surface area contributed by atoms with Crippen LogP contribution in [-0.4, -0.2) is 27.5 Å². The van der Waals surface area contributed by atoms with E-state index in [-0.39, 0.29) is 12.0 Å². The Morgan fingerprint density at radius 3 is 2.76 bits per heavy atom. The number of rotatable bonds is 6. The highest BCUT2D eigenvalue weighted by molar-refractivity contribution is 7.20. The average Bonchev–Trinajstić information content (AvgIpc) is 3.20. The summed E-state index contributed by atoms with van der Waals surface area (Å²) in [6, 6.07) is 0.0220. The lowest BCUT2D eigenvalue weighted by molar-refractivity contribution is 0.0531. The number of hydrogen-bond donors (Lipinski definition) is 1. The highest BCUT2D eigenvalue weighted by Crippen LogP contribution is 2.35. The number of carbonyl (C=O) groups is 1. The Bertz CT molecular complexity index is 903. The van der Waals surface area contributed by atoms with Crippen molar-refractivity contribution in [3.63, 3.8) is 0 Å². The molecule has 25 heavy (non-hydrogen) atoms. The van der Waals surface area contributed by atoms with Gasteiger partial charge in [0.05, 0.1) is 18.0 Å². The summed E-state index contributed by atoms with van der Waals surface area (Å²) in [5.41, 5.74) is 0.849. The van der Waals surface area contributed by atoms with Gasteiger partial charge in [0.1, 0.15) is 26.9 Å². The van der Waals surface area contributed by atoms with E-state index < -0.39 is 0 Å². The molecule has 0 aromatic carbocycles. The van der Waals surface area contributed by atoms with Crippen LogP contribution in [0.25, 0.3) is 10.2 Å². The number of aromatic nitrogens is 3. The van der Waals surface area contributed by atoms with Crippen LogP contribution in [0.5, 0.6) is 0 Å². The molecule has 3 rings (SSSR count). The van der Waals surface area contributed by atoms with Gasteiger partial charge in [0.15, 0.2) is 0 Å². The third-order valence-corrected chi connectivity index (χ3v) is 6.34. The Labute approximate surface area is 154 Å². The van der Waals surface area contributed by atoms with E-state index >= 15 is 0 Å². The third kappa shape index (κ3) is 3.50. The maximum Gasteiger partial charge on any atom is 0.348 e. The molecule has 0 bridgehead atoms. The standard InChI is InChI=1S/C17H20N4O2S2/c1-5-11-7-18-15(24-11)10(4)21-14-12-9(3)13(17(22)23-6-2)25-16(12)20-8-19-14/h7-8,10H,5-6H2,1-4H3,(H,19,20,21). The van der Waals surface area contributed by atoms with Gasteiger partial charge < -0.3 is 10.1 Å². The summed E-state index contributed by atoms with van der Waals surface area (Å²) < 4.78 is 5.14. The van der Waals surface area contributed by atoms with Crippen molar-refractivity contribution in [2.24, 2.45) is 0 Å². The predicted molar refractivity (Wildman–Crippen MR) is 102 cm³/mol. The molecule has 0 saturated heterocycles. The second kappa shape index (κ2) is 7.45. The topological polar surface area (TPSA) is 77.0 Å². The summed E-state index contributed by atoms with van der Waals surface area (Å²) in [4.78, 5) is 27.9. The zero-order chi connectivity index (χ0) is 18.0. The average molecular weight is 377 g/mol. The number of thiazole rings is 1. The number of aryl methyl sites for hydroxylation is 2. The van der Waals surface area contributed by atoms with E-state index in [0.717, 1.165) is 33.0 Å². The fourth-order valence-electron chi connectivity index (χ4n) is 2.53. The monoisotopic (exact) mass is 376 g/mol. The van der Waals surface area contributed by atoms with Crippen molar-refractivity contribution in [3.8, 4) is 0 Å². The molecule has 0 aliphatic carbocycles. The molecule has 0 radical (unpaired) electrons. The van der Waals surface area contributed by atoms with Crippen LogP contribution >= 0.6 is 22.7 Å². The molecular formula is C17H20N4O2S2. The van der Waals surface area contributed by atoms with Crippen molar-refractivity contribution in [2.75, 3.05) is 11.9 Å². The van der Waals surface area contributed by atoms with Crippen LogP contribution in [0.15, 0.2) is 12.5 Å². The molecule has 0 fully saturated rings. The van der Waals surface area contributed by atoms with Crippen molar-refractivity contribution in [3.05, 3.63) is 32.8 Å². The summed E-state index contributed by atoms with van der Waals surface area (Å²) in [5.74, 6) is 0.407. The van der Waals surface area contributed by atoms with Crippen LogP contribution in [0.2, 0.25) is 0 Å². The Morgan fingerprint density at radius 1 is 1.28 bits per heavy atom. The normalized spacial score (nSPS) is 12.3. The van der Waals surface area contributed by atoms with Crippen LogP contribution in [0, 0.1) is 6.92 Å². The fourth-order valence-corrected chi connectivity index (χ4v) is 4.43. The first kappa shape index (κ1) is 17.8. The number of fused-ring (bicyclic) bond motifs is 1. The summed E-state index contributed by atoms with van der Waals surface area (Å²) in [7, 11) is 0. The van der Waals surface area contributed by atoms with E-state index in [2.05, 4.69) is 34.1 Å². The molecule has 3 aromatic heterocycles. The fraction of sp³-hybridized carbons (Fsp3) is 0.412. The van der Waals surface area contributed by atoms with Gasteiger partial charge in [0, 0.05) is 11.1 Å². The lowest BCUT2D eigenvalue weighted by Gasteiger charge is -2.13. The third-order valence-electron chi connectivity index (χ3n) is 3.83. The first-order valence-electron chi connectivity index (χ1n) is 8.17. The molecule has 8 heteroatoms. The molecule has 3 heterocycles. The first-order valence-corrected chi connectivity index (χ1v) is 9.80. The first-order chi connectivity index (χ1) is 12.0. The second-order valence-electron chi connectivity index (χ2n) is 5.56. The molecule has 132 valence electrons. The van der Waals surface area contributed by atoms with Gasteiger partial charge in [0.25, 0.3) is 0 Å². The minimum absolute atomic E-state index is 0.0220. The van der Waals surface area contributed by atoms with E-state index in [1.54, 1.807) is 18.3 Å². The largest absolute Gasteiger partial charge is 0.462 e. The van der Waals surface area contributed by atoms with Gasteiger partial charge in [0.2, 0.25) is 0 Å². The molecule has 3 aromatic rings. The number of carbonyl (C=O) groups excluding carboxylic acids is 1. The lowest BCUT2D eigenvalue weighted by Crippen LogP contribution is -2.08. The van der Waals surface area contributed by atoms with Gasteiger partial charge in [-0.25, -0.2) is 19.7 Å². The molecule has 1 N–H and O–H groups in total. The van der Waals surface area contributed by atoms with E-state index in [4.69, 9.17) is 4.74 Å². The van der Waals surface area contributed by atoms with Gasteiger partial charge in [-0.3, -0.25) is 0 Å². The Kier molecular flexibility index (Phi) is 5.29. The second-order valence-corrected chi connectivity index (χ2v) is 7.71. The Balaban J connectivity index is 1.94. The number of ether oxygens (including phenoxy) is 1. The van der Waals surface area contributed by atoms with Crippen molar-refractivity contribution < 1.29 is 9.53 Å². The number of esters is 1. The van der Waals surface area contributed by atoms with E-state index in [0.29, 0.717) is 11.5 Å². The van der Waals surface area contributed by atoms with Crippen molar-refractivity contribution in [1.82, 2.24) is 15.0 Å². The molecular weight excluding hydrogens is 356 g/mol. The summed E-state index contributed by atoms with van der Waals surface area (Å²) >= 11 is 3.04. The number of hydrogen-bond acceptors (Lipinski definition) is 8. The molecule has 1 unspecified atom stereocenters. The Morgan fingerprint density at radius 2 is 2.08 bits per heavy atom. The van der Waals surface area contributed by atoms with Crippen LogP contribution in [0.4, 0.5) is 5.82 Å². The minimum Gasteiger partial charge on any atom is -0.462 e. The van der Waals surface area contributed by atoms with Gasteiger partial charge >= 0.3 is 5.97 Å². The van der Waals surface area contributed by atoms with Crippen molar-refractivity contribution >= 4 is 44.7 Å². The van der Waals surface area contributed by atoms with Crippen LogP contribution in [-0.2, 0) is 11.2 Å². The zero-order valence-electron chi connectivity index (χ0n) is 14.6. The molecule has 0 saturated carbocycles. The van der Waals surface area contributed by atoms with Crippen molar-refractivity contribution in [1.29, 1.82) is 0 Å². The highest BCUT2D eigenvalue weighted by atomic mass is 32.1. The smallest absolute Gasteiger partial charge is 0.348 e. The van der Waals surface area contributed by atoms with Gasteiger partial charge in [-0.1, -0.05) is 6.92 Å². The minimum atomic E-state index is -0.311. The molecule has 0 spiro atoms. The molecule has 6 nitrogen and oxygen atoms in total. The van der Waals surface area contributed by atoms with Crippen LogP contribution < -0.4 is 5.32 Å². The van der Waals surface area contributed by atoms with Gasteiger partial charge in [-0.05, 0) is 32.8 Å². The molecule has 0 aliphatic heterocycles. The molecule has 0 aliphatic rings. The van der Waals surface area contributed by atoms with Crippen molar-refractivity contribution in [2.45, 2.75) is 40.2 Å². The maximum absolute atomic E-state index is 12.1. The summed E-state index contributed by atoms with van der Waals surface area (Å²) in [6.45, 7) is 8.23. The lowest BCUT2D eigenvalue weighted by atomic mass is 10.2. The van der Waals surface area contributed by atoms with E-state index in [1.807, 2.05) is 13.1 Å². The summed E-state index contributed by atoms with van der Waals surface area (Å²) in [5, 5.41) is 5.30. The molecule has 1 atom stereocenters. The summed E-state index contributed by atoms with van der Waals surface area (Å²) in [6.07, 6.45) is 4.42. The number of nitrogens with one attached hydrogen (secondary N) is 1. The number of anilines is 1. The predicted octanol–water partition coefficient (Wildman–Crippen LogP) is 4.37.